The van der Waals surface area contributed by atoms with E-state index in [0.717, 1.165) is 0 Å². The van der Waals surface area contributed by atoms with Gasteiger partial charge in [-0.2, -0.15) is 0 Å². The van der Waals surface area contributed by atoms with Crippen molar-refractivity contribution in [3.05, 3.63) is 0 Å². The minimum atomic E-state index is -0.866. The second-order valence-corrected chi connectivity index (χ2v) is 4.37. The van der Waals surface area contributed by atoms with Gasteiger partial charge in [-0.3, -0.25) is 0 Å². The van der Waals surface area contributed by atoms with Gasteiger partial charge in [-0.15, -0.1) is 0 Å². The van der Waals surface area contributed by atoms with Crippen LogP contribution in [0.4, 0.5) is 0 Å². The molecule has 52 valence electrons. The Labute approximate surface area is 59.7 Å². The number of nitrogens with zero attached hydrogens (tertiary/aromatic N) is 1. The van der Waals surface area contributed by atoms with E-state index in [1.165, 1.54) is 10.8 Å². The monoisotopic (exact) mass is 165 g/mol. The van der Waals surface area contributed by atoms with Crippen LogP contribution in [0.2, 0.25) is 0 Å². The molecule has 0 saturated heterocycles. The third kappa shape index (κ3) is 1.98. The molecular weight excluding hydrogens is 158 g/mol. The van der Waals surface area contributed by atoms with Gasteiger partial charge in [0.15, 0.2) is 0 Å². The molecule has 0 aromatic carbocycles. The van der Waals surface area contributed by atoms with Crippen LogP contribution in [0.1, 0.15) is 6.92 Å². The second-order valence-electron chi connectivity index (χ2n) is 1.37. The number of hydrogen-bond donors (Lipinski definition) is 0. The van der Waals surface area contributed by atoms with Crippen molar-refractivity contribution in [3.8, 4) is 0 Å². The van der Waals surface area contributed by atoms with E-state index in [1.807, 2.05) is 6.92 Å². The van der Waals surface area contributed by atoms with E-state index in [4.69, 9.17) is 4.74 Å². The lowest BCUT2D eigenvalue weighted by Gasteiger charge is -1.95. The molecule has 1 aliphatic rings. The Bertz CT molecular complexity index is 157. The van der Waals surface area contributed by atoms with Gasteiger partial charge in [0, 0.05) is 10.8 Å². The average Bonchev–Trinajstić information content (AvgIpc) is 2.17. The summed E-state index contributed by atoms with van der Waals surface area (Å²) in [4.78, 5) is 3.86. The first-order valence-corrected chi connectivity index (χ1v) is 5.22. The molecule has 9 heavy (non-hydrogen) atoms. The van der Waals surface area contributed by atoms with Gasteiger partial charge in [-0.1, -0.05) is 0 Å². The third-order valence-corrected chi connectivity index (χ3v) is 2.95. The van der Waals surface area contributed by atoms with Crippen LogP contribution < -0.4 is 0 Å². The van der Waals surface area contributed by atoms with Crippen molar-refractivity contribution in [2.75, 3.05) is 12.5 Å². The lowest BCUT2D eigenvalue weighted by Crippen LogP contribution is -1.94. The van der Waals surface area contributed by atoms with E-state index in [0.29, 0.717) is 17.7 Å². The van der Waals surface area contributed by atoms with Crippen molar-refractivity contribution in [2.45, 2.75) is 6.92 Å². The normalized spacial score (nSPS) is 25.9. The van der Waals surface area contributed by atoms with E-state index < -0.39 is 9.83 Å². The molecule has 0 spiro atoms. The zero-order valence-corrected chi connectivity index (χ0v) is 6.63. The van der Waals surface area contributed by atoms with E-state index in [-0.39, 0.29) is 0 Å². The van der Waals surface area contributed by atoms with Gasteiger partial charge < -0.3 is 4.74 Å². The van der Waals surface area contributed by atoms with Crippen LogP contribution in [0.3, 0.4) is 0 Å². The summed E-state index contributed by atoms with van der Waals surface area (Å²) >= 11 is 0. The summed E-state index contributed by atoms with van der Waals surface area (Å²) in [5, 5.41) is 0.566. The minimum absolute atomic E-state index is 0.389. The maximum Gasteiger partial charge on any atom is 0.260 e. The highest BCUT2D eigenvalue weighted by molar-refractivity contribution is 8.75. The Hall–Kier alpha value is -0.0300. The number of ether oxygens (including phenoxy) is 1. The zero-order chi connectivity index (χ0) is 6.69. The fraction of sp³-hybridized carbons (Fsp3) is 0.750. The first-order valence-electron chi connectivity index (χ1n) is 2.57. The quantitative estimate of drug-likeness (QED) is 0.538. The van der Waals surface area contributed by atoms with E-state index in [9.17, 15) is 4.21 Å². The molecule has 1 rings (SSSR count). The summed E-state index contributed by atoms with van der Waals surface area (Å²) in [6, 6.07) is 0. The molecule has 0 fully saturated rings. The molecule has 1 aliphatic heterocycles. The fourth-order valence-corrected chi connectivity index (χ4v) is 2.33. The van der Waals surface area contributed by atoms with Crippen LogP contribution in [0, 0.1) is 0 Å². The molecule has 3 nitrogen and oxygen atoms in total. The average molecular weight is 165 g/mol. The van der Waals surface area contributed by atoms with Gasteiger partial charge >= 0.3 is 0 Å². The maximum atomic E-state index is 10.6. The summed E-state index contributed by atoms with van der Waals surface area (Å²) in [5.41, 5.74) is 0. The van der Waals surface area contributed by atoms with Gasteiger partial charge in [0.2, 0.25) is 0 Å². The lowest BCUT2D eigenvalue weighted by molar-refractivity contribution is 0.338. The molecular formula is C4H7NO2S2. The van der Waals surface area contributed by atoms with Crippen LogP contribution in [0.25, 0.3) is 0 Å². The Balaban J connectivity index is 2.36. The van der Waals surface area contributed by atoms with Gasteiger partial charge in [0.1, 0.15) is 15.7 Å². The summed E-state index contributed by atoms with van der Waals surface area (Å²) in [6.07, 6.45) is 0. The van der Waals surface area contributed by atoms with Crippen molar-refractivity contribution in [1.29, 1.82) is 0 Å². The van der Waals surface area contributed by atoms with E-state index >= 15 is 0 Å². The van der Waals surface area contributed by atoms with E-state index in [1.54, 1.807) is 0 Å². The van der Waals surface area contributed by atoms with Crippen molar-refractivity contribution in [2.24, 2.45) is 4.99 Å². The first kappa shape index (κ1) is 7.08. The Morgan fingerprint density at radius 3 is 3.22 bits per heavy atom. The number of hydrogen-bond acceptors (Lipinski definition) is 4. The fourth-order valence-electron chi connectivity index (χ4n) is 0.431. The molecule has 0 radical (unpaired) electrons. The van der Waals surface area contributed by atoms with Crippen LogP contribution in [0.5, 0.6) is 0 Å². The van der Waals surface area contributed by atoms with Crippen LogP contribution >= 0.6 is 10.8 Å². The van der Waals surface area contributed by atoms with Crippen LogP contribution in [-0.2, 0) is 14.6 Å². The minimum Gasteiger partial charge on any atom is -0.473 e. The molecule has 0 bridgehead atoms. The SMILES string of the molecule is CCOC1=NCS(=O)S1. The highest BCUT2D eigenvalue weighted by atomic mass is 33.1. The molecule has 1 heterocycles. The van der Waals surface area contributed by atoms with Crippen molar-refractivity contribution >= 4 is 25.9 Å². The van der Waals surface area contributed by atoms with Gasteiger partial charge in [0.05, 0.1) is 6.61 Å². The molecule has 0 aromatic rings. The Morgan fingerprint density at radius 2 is 2.78 bits per heavy atom. The van der Waals surface area contributed by atoms with Crippen LogP contribution in [-0.4, -0.2) is 21.9 Å². The molecule has 0 aromatic heterocycles. The molecule has 0 saturated carbocycles. The van der Waals surface area contributed by atoms with Crippen molar-refractivity contribution in [3.63, 3.8) is 0 Å². The lowest BCUT2D eigenvalue weighted by atomic mass is 10.9. The summed E-state index contributed by atoms with van der Waals surface area (Å²) < 4.78 is 15.6. The second kappa shape index (κ2) is 3.22. The van der Waals surface area contributed by atoms with Gasteiger partial charge in [-0.25, -0.2) is 9.20 Å². The van der Waals surface area contributed by atoms with Gasteiger partial charge in [0.25, 0.3) is 5.23 Å². The zero-order valence-electron chi connectivity index (χ0n) is 4.99. The molecule has 0 N–H and O–H groups in total. The van der Waals surface area contributed by atoms with Crippen molar-refractivity contribution in [1.82, 2.24) is 0 Å². The molecule has 5 heteroatoms. The van der Waals surface area contributed by atoms with Crippen molar-refractivity contribution < 1.29 is 8.95 Å². The number of aliphatic imine (C=N–C) groups is 1. The molecule has 1 atom stereocenters. The topological polar surface area (TPSA) is 38.7 Å². The predicted octanol–water partition coefficient (Wildman–Crippen LogP) is 0.747. The van der Waals surface area contributed by atoms with E-state index in [2.05, 4.69) is 4.99 Å². The third-order valence-electron chi connectivity index (χ3n) is 0.731. The van der Waals surface area contributed by atoms with Gasteiger partial charge in [-0.05, 0) is 6.92 Å². The molecule has 0 aliphatic carbocycles. The molecule has 0 amide bonds. The summed E-state index contributed by atoms with van der Waals surface area (Å²) in [7, 11) is 0.324. The summed E-state index contributed by atoms with van der Waals surface area (Å²) in [5.74, 6) is 0.389. The Kier molecular flexibility index (Phi) is 2.53. The standard InChI is InChI=1S/C4H7NO2S2/c1-2-7-4-5-3-9(6)8-4/h2-3H2,1H3. The largest absolute Gasteiger partial charge is 0.473 e. The highest BCUT2D eigenvalue weighted by Gasteiger charge is 2.14. The summed E-state index contributed by atoms with van der Waals surface area (Å²) in [6.45, 7) is 2.48. The Morgan fingerprint density at radius 1 is 2.00 bits per heavy atom. The smallest absolute Gasteiger partial charge is 0.260 e. The van der Waals surface area contributed by atoms with Crippen LogP contribution in [0.15, 0.2) is 4.99 Å². The number of rotatable bonds is 1. The maximum absolute atomic E-state index is 10.6. The molecule has 1 unspecified atom stereocenters. The highest BCUT2D eigenvalue weighted by Crippen LogP contribution is 2.18. The first-order chi connectivity index (χ1) is 4.33. The predicted molar refractivity (Wildman–Crippen MR) is 39.7 cm³/mol.